The molecule has 0 unspecified atom stereocenters. The van der Waals surface area contributed by atoms with Gasteiger partial charge in [-0.2, -0.15) is 0 Å². The fourth-order valence-corrected chi connectivity index (χ4v) is 1.26. The molecule has 1 heterocycles. The molecule has 0 bridgehead atoms. The number of pyridine rings is 1. The van der Waals surface area contributed by atoms with E-state index < -0.39 is 6.43 Å². The van der Waals surface area contributed by atoms with Gasteiger partial charge in [-0.1, -0.05) is 0 Å². The molecule has 0 amide bonds. The Balaban J connectivity index is 3.34. The van der Waals surface area contributed by atoms with Crippen LogP contribution in [0.1, 0.15) is 33.7 Å². The molecule has 0 radical (unpaired) electrons. The summed E-state index contributed by atoms with van der Waals surface area (Å²) in [5, 5.41) is 0. The summed E-state index contributed by atoms with van der Waals surface area (Å²) < 4.78 is 25.0. The maximum atomic E-state index is 12.5. The molecule has 76 valence electrons. The number of carbonyl (C=O) groups excluding carboxylic acids is 1. The third-order valence-corrected chi connectivity index (χ3v) is 1.89. The second-order valence-corrected chi connectivity index (χ2v) is 2.85. The second-order valence-electron chi connectivity index (χ2n) is 2.85. The number of nitrogens with zero attached hydrogens (tertiary/aromatic N) is 1. The number of aromatic nitrogens is 1. The number of aldehydes is 1. The van der Waals surface area contributed by atoms with Gasteiger partial charge in [0.05, 0.1) is 5.69 Å². The van der Waals surface area contributed by atoms with Crippen LogP contribution in [0.2, 0.25) is 0 Å². The van der Waals surface area contributed by atoms with Crippen molar-refractivity contribution in [2.75, 3.05) is 0 Å². The highest BCUT2D eigenvalue weighted by atomic mass is 19.3. The van der Waals surface area contributed by atoms with Crippen LogP contribution in [-0.4, -0.2) is 11.3 Å². The van der Waals surface area contributed by atoms with E-state index in [1.54, 1.807) is 0 Å². The van der Waals surface area contributed by atoms with Crippen LogP contribution in [-0.2, 0) is 6.54 Å². The molecule has 0 saturated heterocycles. The fourth-order valence-electron chi connectivity index (χ4n) is 1.26. The summed E-state index contributed by atoms with van der Waals surface area (Å²) in [6.07, 6.45) is -2.36. The fraction of sp³-hybridized carbons (Fsp3) is 0.333. The van der Waals surface area contributed by atoms with Gasteiger partial charge in [-0.25, -0.2) is 13.8 Å². The lowest BCUT2D eigenvalue weighted by molar-refractivity contribution is 0.110. The van der Waals surface area contributed by atoms with E-state index in [-0.39, 0.29) is 17.8 Å². The van der Waals surface area contributed by atoms with Crippen LogP contribution in [0.4, 0.5) is 8.78 Å². The minimum Gasteiger partial charge on any atom is -0.325 e. The van der Waals surface area contributed by atoms with Crippen molar-refractivity contribution < 1.29 is 13.6 Å². The first-order chi connectivity index (χ1) is 6.60. The number of hydrogen-bond acceptors (Lipinski definition) is 3. The Morgan fingerprint density at radius 2 is 2.29 bits per heavy atom. The second kappa shape index (κ2) is 4.23. The summed E-state index contributed by atoms with van der Waals surface area (Å²) in [7, 11) is 0. The number of carbonyl (C=O) groups is 1. The van der Waals surface area contributed by atoms with E-state index in [0.29, 0.717) is 17.5 Å². The Hall–Kier alpha value is -1.36. The quantitative estimate of drug-likeness (QED) is 0.754. The van der Waals surface area contributed by atoms with Gasteiger partial charge in [-0.15, -0.1) is 0 Å². The first-order valence-electron chi connectivity index (χ1n) is 4.04. The number of aryl methyl sites for hydroxylation is 1. The van der Waals surface area contributed by atoms with Crippen LogP contribution < -0.4 is 5.73 Å². The Morgan fingerprint density at radius 3 is 2.71 bits per heavy atom. The van der Waals surface area contributed by atoms with Crippen molar-refractivity contribution in [3.05, 3.63) is 28.6 Å². The molecule has 2 N–H and O–H groups in total. The molecule has 3 nitrogen and oxygen atoms in total. The molecule has 0 aromatic carbocycles. The maximum Gasteiger partial charge on any atom is 0.266 e. The van der Waals surface area contributed by atoms with E-state index in [0.717, 1.165) is 0 Å². The molecular formula is C9H10F2N2O. The Bertz CT molecular complexity index is 353. The molecule has 0 spiro atoms. The SMILES string of the molecule is Cc1cc(CN)nc(C=O)c1C(F)F. The number of alkyl halides is 2. The smallest absolute Gasteiger partial charge is 0.266 e. The predicted molar refractivity (Wildman–Crippen MR) is 47.2 cm³/mol. The Labute approximate surface area is 79.9 Å². The molecule has 0 saturated carbocycles. The normalized spacial score (nSPS) is 10.6. The van der Waals surface area contributed by atoms with E-state index in [1.807, 2.05) is 0 Å². The maximum absolute atomic E-state index is 12.5. The summed E-state index contributed by atoms with van der Waals surface area (Å²) in [4.78, 5) is 14.2. The summed E-state index contributed by atoms with van der Waals surface area (Å²) in [6.45, 7) is 1.64. The van der Waals surface area contributed by atoms with Crippen molar-refractivity contribution in [2.45, 2.75) is 19.9 Å². The number of halogens is 2. The molecule has 1 aromatic rings. The molecule has 0 fully saturated rings. The predicted octanol–water partition coefficient (Wildman–Crippen LogP) is 1.60. The van der Waals surface area contributed by atoms with Gasteiger partial charge in [0, 0.05) is 12.1 Å². The summed E-state index contributed by atoms with van der Waals surface area (Å²) in [5.74, 6) is 0. The lowest BCUT2D eigenvalue weighted by Gasteiger charge is -2.08. The van der Waals surface area contributed by atoms with Crippen molar-refractivity contribution in [2.24, 2.45) is 5.73 Å². The van der Waals surface area contributed by atoms with Gasteiger partial charge >= 0.3 is 0 Å². The zero-order valence-corrected chi connectivity index (χ0v) is 7.63. The van der Waals surface area contributed by atoms with Crippen molar-refractivity contribution in [3.63, 3.8) is 0 Å². The van der Waals surface area contributed by atoms with Crippen LogP contribution in [0.15, 0.2) is 6.07 Å². The lowest BCUT2D eigenvalue weighted by Crippen LogP contribution is -2.07. The molecule has 14 heavy (non-hydrogen) atoms. The monoisotopic (exact) mass is 200 g/mol. The van der Waals surface area contributed by atoms with E-state index in [1.165, 1.54) is 13.0 Å². The molecule has 0 atom stereocenters. The highest BCUT2D eigenvalue weighted by Crippen LogP contribution is 2.24. The van der Waals surface area contributed by atoms with Crippen molar-refractivity contribution in [1.29, 1.82) is 0 Å². The zero-order valence-electron chi connectivity index (χ0n) is 7.63. The number of nitrogens with two attached hydrogens (primary N) is 1. The molecule has 0 aliphatic rings. The first-order valence-corrected chi connectivity index (χ1v) is 4.04. The molecule has 1 rings (SSSR count). The highest BCUT2D eigenvalue weighted by molar-refractivity contribution is 5.75. The Kier molecular flexibility index (Phi) is 3.24. The van der Waals surface area contributed by atoms with Gasteiger partial charge < -0.3 is 5.73 Å². The van der Waals surface area contributed by atoms with Crippen LogP contribution in [0, 0.1) is 6.92 Å². The van der Waals surface area contributed by atoms with Gasteiger partial charge in [0.15, 0.2) is 6.29 Å². The zero-order chi connectivity index (χ0) is 10.7. The summed E-state index contributed by atoms with van der Waals surface area (Å²) in [6, 6.07) is 1.47. The Morgan fingerprint density at radius 1 is 1.64 bits per heavy atom. The third-order valence-electron chi connectivity index (χ3n) is 1.89. The van der Waals surface area contributed by atoms with E-state index in [4.69, 9.17) is 5.73 Å². The van der Waals surface area contributed by atoms with Crippen LogP contribution in [0.5, 0.6) is 0 Å². The summed E-state index contributed by atoms with van der Waals surface area (Å²) >= 11 is 0. The minimum atomic E-state index is -2.69. The molecule has 0 aliphatic carbocycles. The van der Waals surface area contributed by atoms with E-state index in [2.05, 4.69) is 4.98 Å². The van der Waals surface area contributed by atoms with E-state index in [9.17, 15) is 13.6 Å². The average molecular weight is 200 g/mol. The van der Waals surface area contributed by atoms with Gasteiger partial charge in [0.2, 0.25) is 0 Å². The molecule has 5 heteroatoms. The van der Waals surface area contributed by atoms with Gasteiger partial charge in [-0.05, 0) is 18.6 Å². The summed E-state index contributed by atoms with van der Waals surface area (Å²) in [5.41, 5.74) is 5.56. The highest BCUT2D eigenvalue weighted by Gasteiger charge is 2.17. The van der Waals surface area contributed by atoms with Crippen LogP contribution in [0.3, 0.4) is 0 Å². The molecule has 0 aliphatic heterocycles. The van der Waals surface area contributed by atoms with E-state index >= 15 is 0 Å². The largest absolute Gasteiger partial charge is 0.325 e. The van der Waals surface area contributed by atoms with Crippen molar-refractivity contribution in [1.82, 2.24) is 4.98 Å². The minimum absolute atomic E-state index is 0.130. The topological polar surface area (TPSA) is 56.0 Å². The van der Waals surface area contributed by atoms with Crippen molar-refractivity contribution in [3.8, 4) is 0 Å². The molecular weight excluding hydrogens is 190 g/mol. The van der Waals surface area contributed by atoms with Gasteiger partial charge in [0.1, 0.15) is 5.69 Å². The average Bonchev–Trinajstić information content (AvgIpc) is 2.15. The third kappa shape index (κ3) is 1.93. The molecule has 1 aromatic heterocycles. The number of hydrogen-bond donors (Lipinski definition) is 1. The van der Waals surface area contributed by atoms with Crippen molar-refractivity contribution >= 4 is 6.29 Å². The number of rotatable bonds is 3. The van der Waals surface area contributed by atoms with Crippen LogP contribution >= 0.6 is 0 Å². The lowest BCUT2D eigenvalue weighted by atomic mass is 10.1. The standard InChI is InChI=1S/C9H10F2N2O/c1-5-2-6(3-12)13-7(4-14)8(5)9(10)11/h2,4,9H,3,12H2,1H3. The van der Waals surface area contributed by atoms with Gasteiger partial charge in [-0.3, -0.25) is 4.79 Å². The van der Waals surface area contributed by atoms with Crippen LogP contribution in [0.25, 0.3) is 0 Å². The first kappa shape index (κ1) is 10.7. The van der Waals surface area contributed by atoms with Gasteiger partial charge in [0.25, 0.3) is 6.43 Å².